The van der Waals surface area contributed by atoms with Crippen molar-refractivity contribution in [3.8, 4) is 11.5 Å². The molecule has 10 heteroatoms. The van der Waals surface area contributed by atoms with Crippen LogP contribution >= 0.6 is 0 Å². The Hall–Kier alpha value is -3.43. The highest BCUT2D eigenvalue weighted by Crippen LogP contribution is 2.35. The minimum Gasteiger partial charge on any atom is -0.487 e. The van der Waals surface area contributed by atoms with E-state index in [1.165, 1.54) is 36.4 Å². The third kappa shape index (κ3) is 7.09. The smallest absolute Gasteiger partial charge is 0.456 e. The highest BCUT2D eigenvalue weighted by Gasteiger charge is 2.58. The molecular formula is C21H17F5O5. The SMILES string of the molecule is CCOC(=O)/C=C/c1ccc(OC(=O)c2ccc(OCC(F)(F)C(F)(F)F)cc2)cc1. The van der Waals surface area contributed by atoms with Gasteiger partial charge >= 0.3 is 24.0 Å². The molecule has 0 aromatic heterocycles. The van der Waals surface area contributed by atoms with Gasteiger partial charge in [0.1, 0.15) is 11.5 Å². The van der Waals surface area contributed by atoms with Crippen LogP contribution in [-0.4, -0.2) is 37.3 Å². The molecule has 2 rings (SSSR count). The second kappa shape index (κ2) is 10.1. The minimum atomic E-state index is -5.72. The van der Waals surface area contributed by atoms with Gasteiger partial charge in [-0.3, -0.25) is 0 Å². The first-order valence-corrected chi connectivity index (χ1v) is 8.86. The number of carbonyl (C=O) groups excluding carboxylic acids is 2. The van der Waals surface area contributed by atoms with Crippen LogP contribution in [0.3, 0.4) is 0 Å². The van der Waals surface area contributed by atoms with Crippen LogP contribution in [0.2, 0.25) is 0 Å². The number of hydrogen-bond donors (Lipinski definition) is 0. The standard InChI is InChI=1S/C21H17F5O5/c1-2-29-18(27)12-5-14-3-8-17(9-4-14)31-19(28)15-6-10-16(11-7-15)30-13-20(22,23)21(24,25)26/h3-12H,2,13H2,1H3/b12-5+. The van der Waals surface area contributed by atoms with Crippen molar-refractivity contribution in [1.82, 2.24) is 0 Å². The fourth-order valence-electron chi connectivity index (χ4n) is 2.11. The molecule has 0 saturated heterocycles. The van der Waals surface area contributed by atoms with E-state index in [2.05, 4.69) is 4.74 Å². The van der Waals surface area contributed by atoms with Crippen LogP contribution in [0.25, 0.3) is 6.08 Å². The van der Waals surface area contributed by atoms with Gasteiger partial charge in [-0.05, 0) is 55.0 Å². The van der Waals surface area contributed by atoms with E-state index in [0.29, 0.717) is 5.56 Å². The summed E-state index contributed by atoms with van der Waals surface area (Å²) in [5, 5.41) is 0. The first-order valence-electron chi connectivity index (χ1n) is 8.86. The summed E-state index contributed by atoms with van der Waals surface area (Å²) in [6.07, 6.45) is -2.95. The summed E-state index contributed by atoms with van der Waals surface area (Å²) >= 11 is 0. The maximum absolute atomic E-state index is 12.9. The van der Waals surface area contributed by atoms with Crippen molar-refractivity contribution in [3.63, 3.8) is 0 Å². The van der Waals surface area contributed by atoms with Gasteiger partial charge in [-0.1, -0.05) is 12.1 Å². The molecule has 0 radical (unpaired) electrons. The van der Waals surface area contributed by atoms with Crippen LogP contribution < -0.4 is 9.47 Å². The van der Waals surface area contributed by atoms with Gasteiger partial charge in [-0.25, -0.2) is 9.59 Å². The molecule has 2 aromatic carbocycles. The molecule has 0 aliphatic heterocycles. The second-order valence-corrected chi connectivity index (χ2v) is 6.06. The van der Waals surface area contributed by atoms with Gasteiger partial charge in [0.25, 0.3) is 0 Å². The van der Waals surface area contributed by atoms with Gasteiger partial charge < -0.3 is 14.2 Å². The van der Waals surface area contributed by atoms with Gasteiger partial charge in [-0.15, -0.1) is 0 Å². The third-order valence-corrected chi connectivity index (χ3v) is 3.71. The largest absolute Gasteiger partial charge is 0.487 e. The molecule has 0 bridgehead atoms. The van der Waals surface area contributed by atoms with Crippen molar-refractivity contribution < 1.29 is 45.8 Å². The van der Waals surface area contributed by atoms with Crippen LogP contribution in [0.5, 0.6) is 11.5 Å². The lowest BCUT2D eigenvalue weighted by molar-refractivity contribution is -0.290. The average molecular weight is 444 g/mol. The lowest BCUT2D eigenvalue weighted by Crippen LogP contribution is -2.41. The Kier molecular flexibility index (Phi) is 7.73. The number of rotatable bonds is 8. The summed E-state index contributed by atoms with van der Waals surface area (Å²) in [5.74, 6) is -6.33. The molecule has 31 heavy (non-hydrogen) atoms. The van der Waals surface area contributed by atoms with Crippen molar-refractivity contribution in [2.45, 2.75) is 19.0 Å². The normalized spacial score (nSPS) is 11.9. The summed E-state index contributed by atoms with van der Waals surface area (Å²) in [6.45, 7) is 0.0598. The van der Waals surface area contributed by atoms with Crippen LogP contribution in [0.15, 0.2) is 54.6 Å². The Bertz CT molecular complexity index is 919. The number of esters is 2. The molecule has 0 N–H and O–H groups in total. The van der Waals surface area contributed by atoms with E-state index < -0.39 is 30.6 Å². The average Bonchev–Trinajstić information content (AvgIpc) is 2.71. The fraction of sp³-hybridized carbons (Fsp3) is 0.238. The lowest BCUT2D eigenvalue weighted by atomic mass is 10.2. The number of ether oxygens (including phenoxy) is 3. The molecule has 5 nitrogen and oxygen atoms in total. The molecular weight excluding hydrogens is 427 g/mol. The summed E-state index contributed by atoms with van der Waals surface area (Å²) < 4.78 is 76.5. The molecule has 0 atom stereocenters. The molecule has 166 valence electrons. The van der Waals surface area contributed by atoms with Crippen LogP contribution in [0, 0.1) is 0 Å². The predicted molar refractivity (Wildman–Crippen MR) is 100 cm³/mol. The zero-order chi connectivity index (χ0) is 23.1. The van der Waals surface area contributed by atoms with Crippen LogP contribution in [0.1, 0.15) is 22.8 Å². The Morgan fingerprint density at radius 1 is 0.903 bits per heavy atom. The maximum Gasteiger partial charge on any atom is 0.456 e. The Balaban J connectivity index is 1.93. The summed E-state index contributed by atoms with van der Waals surface area (Å²) in [5.41, 5.74) is 0.686. The molecule has 0 spiro atoms. The second-order valence-electron chi connectivity index (χ2n) is 6.06. The number of hydrogen-bond acceptors (Lipinski definition) is 5. The van der Waals surface area contributed by atoms with E-state index in [-0.39, 0.29) is 23.7 Å². The van der Waals surface area contributed by atoms with E-state index in [0.717, 1.165) is 12.1 Å². The van der Waals surface area contributed by atoms with Crippen molar-refractivity contribution in [2.75, 3.05) is 13.2 Å². The lowest BCUT2D eigenvalue weighted by Gasteiger charge is -2.19. The van der Waals surface area contributed by atoms with Crippen molar-refractivity contribution in [2.24, 2.45) is 0 Å². The zero-order valence-corrected chi connectivity index (χ0v) is 16.1. The quantitative estimate of drug-likeness (QED) is 0.247. The molecule has 2 aromatic rings. The van der Waals surface area contributed by atoms with Gasteiger partial charge in [0.05, 0.1) is 12.2 Å². The van der Waals surface area contributed by atoms with E-state index in [4.69, 9.17) is 9.47 Å². The highest BCUT2D eigenvalue weighted by molar-refractivity contribution is 5.91. The van der Waals surface area contributed by atoms with Crippen LogP contribution in [0.4, 0.5) is 22.0 Å². The molecule has 0 saturated carbocycles. The van der Waals surface area contributed by atoms with E-state index in [1.54, 1.807) is 19.1 Å². The van der Waals surface area contributed by atoms with Gasteiger partial charge in [0.15, 0.2) is 6.61 Å². The monoisotopic (exact) mass is 444 g/mol. The van der Waals surface area contributed by atoms with Crippen molar-refractivity contribution in [3.05, 3.63) is 65.7 Å². The Morgan fingerprint density at radius 3 is 2.03 bits per heavy atom. The number of benzene rings is 2. The molecule has 0 aliphatic carbocycles. The topological polar surface area (TPSA) is 61.8 Å². The fourth-order valence-corrected chi connectivity index (χ4v) is 2.11. The predicted octanol–water partition coefficient (Wildman–Crippen LogP) is 5.06. The third-order valence-electron chi connectivity index (χ3n) is 3.71. The zero-order valence-electron chi connectivity index (χ0n) is 16.1. The van der Waals surface area contributed by atoms with Gasteiger partial charge in [-0.2, -0.15) is 22.0 Å². The van der Waals surface area contributed by atoms with Gasteiger partial charge in [0, 0.05) is 6.08 Å². The summed E-state index contributed by atoms with van der Waals surface area (Å²) in [7, 11) is 0. The molecule has 0 heterocycles. The first-order chi connectivity index (χ1) is 14.5. The molecule has 0 unspecified atom stereocenters. The van der Waals surface area contributed by atoms with Crippen LogP contribution in [-0.2, 0) is 9.53 Å². The molecule has 0 amide bonds. The Labute approximate surface area is 174 Å². The van der Waals surface area contributed by atoms with E-state index in [1.807, 2.05) is 0 Å². The Morgan fingerprint density at radius 2 is 1.48 bits per heavy atom. The number of halogens is 5. The minimum absolute atomic E-state index is 0.0289. The summed E-state index contributed by atoms with van der Waals surface area (Å²) in [4.78, 5) is 23.4. The molecule has 0 aliphatic rings. The highest BCUT2D eigenvalue weighted by atomic mass is 19.4. The number of alkyl halides is 5. The van der Waals surface area contributed by atoms with Gasteiger partial charge in [0.2, 0.25) is 0 Å². The van der Waals surface area contributed by atoms with Crippen molar-refractivity contribution in [1.29, 1.82) is 0 Å². The molecule has 0 fully saturated rings. The number of carbonyl (C=O) groups is 2. The maximum atomic E-state index is 12.9. The van der Waals surface area contributed by atoms with E-state index >= 15 is 0 Å². The van der Waals surface area contributed by atoms with E-state index in [9.17, 15) is 31.5 Å². The first kappa shape index (κ1) is 23.8. The summed E-state index contributed by atoms with van der Waals surface area (Å²) in [6, 6.07) is 10.6. The van der Waals surface area contributed by atoms with Crippen molar-refractivity contribution >= 4 is 18.0 Å².